The largest absolute Gasteiger partial charge is 0.333 e. The Morgan fingerprint density at radius 2 is 1.12 bits per heavy atom. The number of para-hydroxylation sites is 3. The Morgan fingerprint density at radius 3 is 1.81 bits per heavy atom. The fourth-order valence-corrected chi connectivity index (χ4v) is 8.05. The fraction of sp³-hybridized carbons (Fsp3) is 0. The second-order valence-electron chi connectivity index (χ2n) is 9.76. The molecule has 2 heterocycles. The molecule has 3 nitrogen and oxygen atoms in total. The first-order valence-electron chi connectivity index (χ1n) is 13.5. The first kappa shape index (κ1) is 27.8. The van der Waals surface area contributed by atoms with Crippen LogP contribution in [0.2, 0.25) is 0 Å². The molecule has 8 rings (SSSR count). The minimum Gasteiger partial charge on any atom is -0.333 e. The van der Waals surface area contributed by atoms with E-state index >= 15 is 0 Å². The predicted molar refractivity (Wildman–Crippen MR) is 171 cm³/mol. The summed E-state index contributed by atoms with van der Waals surface area (Å²) in [4.78, 5) is 4.83. The molecule has 0 spiro atoms. The molecule has 2 aromatic heterocycles. The maximum Gasteiger partial charge on any atom is 0.147 e. The molecular formula is C37H25IrN2OP-2. The minimum atomic E-state index is -2.83. The van der Waals surface area contributed by atoms with Crippen LogP contribution in [0.3, 0.4) is 0 Å². The first-order chi connectivity index (χ1) is 20.2. The zero-order valence-electron chi connectivity index (χ0n) is 22.5. The second kappa shape index (κ2) is 11.9. The molecule has 0 aliphatic rings. The molecule has 0 saturated heterocycles. The summed E-state index contributed by atoms with van der Waals surface area (Å²) in [5.41, 5.74) is 4.33. The van der Waals surface area contributed by atoms with Crippen molar-refractivity contribution in [1.29, 1.82) is 0 Å². The van der Waals surface area contributed by atoms with Gasteiger partial charge in [-0.3, -0.25) is 4.98 Å². The Kier molecular flexibility index (Phi) is 7.87. The van der Waals surface area contributed by atoms with E-state index in [4.69, 9.17) is 4.98 Å². The van der Waals surface area contributed by atoms with Gasteiger partial charge < -0.3 is 8.97 Å². The smallest absolute Gasteiger partial charge is 0.147 e. The van der Waals surface area contributed by atoms with E-state index in [0.717, 1.165) is 38.0 Å². The summed E-state index contributed by atoms with van der Waals surface area (Å²) in [7, 11) is -2.83. The van der Waals surface area contributed by atoms with Gasteiger partial charge in [0.15, 0.2) is 0 Å². The average Bonchev–Trinajstić information content (AvgIpc) is 3.46. The summed E-state index contributed by atoms with van der Waals surface area (Å²) in [6.07, 6.45) is 0. The Hall–Kier alpha value is -4.33. The van der Waals surface area contributed by atoms with Crippen LogP contribution in [0.4, 0.5) is 0 Å². The zero-order valence-corrected chi connectivity index (χ0v) is 25.8. The fourth-order valence-electron chi connectivity index (χ4n) is 5.46. The van der Waals surface area contributed by atoms with Gasteiger partial charge in [0.25, 0.3) is 0 Å². The Morgan fingerprint density at radius 1 is 0.548 bits per heavy atom. The van der Waals surface area contributed by atoms with E-state index in [1.807, 2.05) is 103 Å². The Labute approximate surface area is 258 Å². The van der Waals surface area contributed by atoms with Crippen molar-refractivity contribution in [1.82, 2.24) is 9.38 Å². The predicted octanol–water partition coefficient (Wildman–Crippen LogP) is 7.72. The second-order valence-corrected chi connectivity index (χ2v) is 12.5. The maximum atomic E-state index is 13.8. The van der Waals surface area contributed by atoms with Gasteiger partial charge in [-0.1, -0.05) is 102 Å². The molecule has 8 aromatic rings. The van der Waals surface area contributed by atoms with Crippen LogP contribution >= 0.6 is 7.14 Å². The third kappa shape index (κ3) is 4.78. The van der Waals surface area contributed by atoms with Gasteiger partial charge in [-0.2, -0.15) is 30.3 Å². The SMILES string of the molecule is O=P(c1[c-]cccc1)(c1ccccc1)c1ccccc1.[Ir].[c-]1cccc2c1c1nc3ccccc3n1c1ccccc21. The van der Waals surface area contributed by atoms with Crippen LogP contribution in [0, 0.1) is 12.1 Å². The third-order valence-corrected chi connectivity index (χ3v) is 10.4. The topological polar surface area (TPSA) is 34.4 Å². The molecule has 205 valence electrons. The molecule has 0 amide bonds. The van der Waals surface area contributed by atoms with Gasteiger partial charge in [0.2, 0.25) is 0 Å². The summed E-state index contributed by atoms with van der Waals surface area (Å²) in [5, 5.41) is 5.95. The van der Waals surface area contributed by atoms with Gasteiger partial charge in [0.05, 0.1) is 16.7 Å². The van der Waals surface area contributed by atoms with E-state index < -0.39 is 7.14 Å². The van der Waals surface area contributed by atoms with E-state index in [1.54, 1.807) is 0 Å². The van der Waals surface area contributed by atoms with E-state index in [-0.39, 0.29) is 20.1 Å². The molecule has 6 aromatic carbocycles. The molecule has 0 N–H and O–H groups in total. The third-order valence-electron chi connectivity index (χ3n) is 7.35. The molecule has 5 heteroatoms. The van der Waals surface area contributed by atoms with Crippen molar-refractivity contribution in [2.24, 2.45) is 0 Å². The van der Waals surface area contributed by atoms with Crippen molar-refractivity contribution in [2.75, 3.05) is 0 Å². The first-order valence-corrected chi connectivity index (χ1v) is 15.2. The van der Waals surface area contributed by atoms with Gasteiger partial charge >= 0.3 is 0 Å². The van der Waals surface area contributed by atoms with Crippen LogP contribution in [-0.2, 0) is 24.7 Å². The van der Waals surface area contributed by atoms with Crippen LogP contribution in [0.15, 0.2) is 152 Å². The van der Waals surface area contributed by atoms with E-state index in [1.165, 1.54) is 16.3 Å². The molecule has 0 saturated carbocycles. The van der Waals surface area contributed by atoms with Crippen molar-refractivity contribution in [3.63, 3.8) is 0 Å². The molecule has 1 radical (unpaired) electrons. The summed E-state index contributed by atoms with van der Waals surface area (Å²) >= 11 is 0. The molecule has 0 bridgehead atoms. The molecular weight excluding hydrogens is 712 g/mol. The van der Waals surface area contributed by atoms with Crippen LogP contribution in [0.5, 0.6) is 0 Å². The van der Waals surface area contributed by atoms with Gasteiger partial charge in [-0.15, -0.1) is 29.7 Å². The van der Waals surface area contributed by atoms with Gasteiger partial charge in [-0.25, -0.2) is 0 Å². The molecule has 0 aliphatic heterocycles. The summed E-state index contributed by atoms with van der Waals surface area (Å²) in [5.74, 6) is 0. The van der Waals surface area contributed by atoms with Crippen LogP contribution in [0.1, 0.15) is 0 Å². The Balaban J connectivity index is 0.000000147. The monoisotopic (exact) mass is 737 g/mol. The van der Waals surface area contributed by atoms with Gasteiger partial charge in [0, 0.05) is 36.2 Å². The molecule has 0 atom stereocenters. The van der Waals surface area contributed by atoms with Crippen molar-refractivity contribution in [3.05, 3.63) is 164 Å². The zero-order chi connectivity index (χ0) is 27.6. The number of aromatic nitrogens is 2. The average molecular weight is 737 g/mol. The van der Waals surface area contributed by atoms with Crippen molar-refractivity contribution >= 4 is 61.4 Å². The number of fused-ring (bicyclic) bond motifs is 8. The Bertz CT molecular complexity index is 2080. The van der Waals surface area contributed by atoms with Crippen LogP contribution in [-0.4, -0.2) is 9.38 Å². The number of rotatable bonds is 3. The number of hydrogen-bond acceptors (Lipinski definition) is 2. The number of nitrogens with zero attached hydrogens (tertiary/aromatic N) is 2. The number of imidazole rings is 1. The van der Waals surface area contributed by atoms with Crippen LogP contribution < -0.4 is 15.9 Å². The van der Waals surface area contributed by atoms with Crippen molar-refractivity contribution < 1.29 is 24.7 Å². The van der Waals surface area contributed by atoms with Crippen molar-refractivity contribution in [3.8, 4) is 0 Å². The molecule has 42 heavy (non-hydrogen) atoms. The summed E-state index contributed by atoms with van der Waals surface area (Å²) in [6.45, 7) is 0. The van der Waals surface area contributed by atoms with Crippen molar-refractivity contribution in [2.45, 2.75) is 0 Å². The van der Waals surface area contributed by atoms with Gasteiger partial charge in [-0.05, 0) is 23.6 Å². The standard InChI is InChI=1S/C19H11N2.C18H14OP.Ir/c1-2-9-15-13(7-1)14-8-3-5-11-17(14)21-18-12-6-4-10-16(18)20-19(15)21;19-20(16-10-4-1-5-11-16,17-12-6-2-7-13-17)18-14-8-3-9-15-18;/h1-8,10-12H;1-14H;/q2*-1;. The van der Waals surface area contributed by atoms with Crippen LogP contribution in [0.25, 0.3) is 38.4 Å². The normalized spacial score (nSPS) is 11.2. The quantitative estimate of drug-likeness (QED) is 0.106. The van der Waals surface area contributed by atoms with E-state index in [2.05, 4.69) is 65.1 Å². The van der Waals surface area contributed by atoms with Gasteiger partial charge in [0.1, 0.15) is 7.14 Å². The molecule has 0 aliphatic carbocycles. The summed E-state index contributed by atoms with van der Waals surface area (Å²) in [6, 6.07) is 56.2. The summed E-state index contributed by atoms with van der Waals surface area (Å²) < 4.78 is 16.0. The van der Waals surface area contributed by atoms with E-state index in [0.29, 0.717) is 0 Å². The number of hydrogen-bond donors (Lipinski definition) is 0. The van der Waals surface area contributed by atoms with E-state index in [9.17, 15) is 4.57 Å². The molecule has 0 fully saturated rings. The number of benzene rings is 6. The number of pyridine rings is 1. The minimum absolute atomic E-state index is 0. The maximum absolute atomic E-state index is 13.8. The molecule has 0 unspecified atom stereocenters.